The van der Waals surface area contributed by atoms with Crippen molar-refractivity contribution in [3.63, 3.8) is 0 Å². The first-order valence-electron chi connectivity index (χ1n) is 8.29. The molecule has 2 aromatic carbocycles. The van der Waals surface area contributed by atoms with Gasteiger partial charge in [0.1, 0.15) is 12.6 Å². The summed E-state index contributed by atoms with van der Waals surface area (Å²) < 4.78 is 10.8. The van der Waals surface area contributed by atoms with Crippen molar-refractivity contribution in [2.24, 2.45) is 0 Å². The molecule has 1 N–H and O–H groups in total. The van der Waals surface area contributed by atoms with Crippen LogP contribution in [0.3, 0.4) is 0 Å². The topological polar surface area (TPSA) is 54.3 Å². The van der Waals surface area contributed by atoms with Gasteiger partial charge >= 0.3 is 0 Å². The van der Waals surface area contributed by atoms with Crippen LogP contribution in [0.1, 0.15) is 23.6 Å². The first-order chi connectivity index (χ1) is 12.7. The van der Waals surface area contributed by atoms with E-state index >= 15 is 0 Å². The fraction of sp³-hybridized carbons (Fsp3) is 0.286. The van der Waals surface area contributed by atoms with Crippen LogP contribution in [0.15, 0.2) is 42.5 Å². The van der Waals surface area contributed by atoms with Crippen molar-refractivity contribution in [3.05, 3.63) is 58.6 Å². The minimum Gasteiger partial charge on any atom is -0.493 e. The van der Waals surface area contributed by atoms with Crippen LogP contribution in [0.25, 0.3) is 0 Å². The number of nitrogens with one attached hydrogen (secondary N) is 1. The molecule has 0 saturated heterocycles. The van der Waals surface area contributed by atoms with Gasteiger partial charge in [-0.1, -0.05) is 35.7 Å². The summed E-state index contributed by atoms with van der Waals surface area (Å²) >= 11 is 5.89. The maximum Gasteiger partial charge on any atom is 0.162 e. The third-order valence-electron chi connectivity index (χ3n) is 3.86. The molecule has 2 rings (SSSR count). The molecule has 0 bridgehead atoms. The second kappa shape index (κ2) is 10.4. The highest BCUT2D eigenvalue weighted by Gasteiger charge is 2.10. The zero-order valence-corrected chi connectivity index (χ0v) is 15.4. The summed E-state index contributed by atoms with van der Waals surface area (Å²) in [6.07, 6.45) is 6.96. The largest absolute Gasteiger partial charge is 0.493 e. The number of hydrogen-bond donors (Lipinski definition) is 1. The lowest BCUT2D eigenvalue weighted by molar-refractivity contribution is 0.330. The highest BCUT2D eigenvalue weighted by atomic mass is 35.5. The maximum absolute atomic E-state index is 9.34. The van der Waals surface area contributed by atoms with Gasteiger partial charge in [0, 0.05) is 5.02 Å². The predicted molar refractivity (Wildman–Crippen MR) is 103 cm³/mol. The molecule has 0 amide bonds. The minimum atomic E-state index is -0.346. The van der Waals surface area contributed by atoms with Gasteiger partial charge in [-0.2, -0.15) is 5.26 Å². The fourth-order valence-electron chi connectivity index (χ4n) is 2.54. The van der Waals surface area contributed by atoms with E-state index < -0.39 is 0 Å². The van der Waals surface area contributed by atoms with Crippen molar-refractivity contribution in [1.82, 2.24) is 5.32 Å². The van der Waals surface area contributed by atoms with Crippen LogP contribution in [0.4, 0.5) is 0 Å². The Morgan fingerprint density at radius 2 is 1.96 bits per heavy atom. The lowest BCUT2D eigenvalue weighted by atomic mass is 10.1. The van der Waals surface area contributed by atoms with E-state index in [9.17, 15) is 5.26 Å². The summed E-state index contributed by atoms with van der Waals surface area (Å²) in [5, 5.41) is 13.3. The van der Waals surface area contributed by atoms with Gasteiger partial charge in [-0.15, -0.1) is 6.42 Å². The van der Waals surface area contributed by atoms with Crippen molar-refractivity contribution < 1.29 is 9.47 Å². The molecule has 0 heterocycles. The van der Waals surface area contributed by atoms with Gasteiger partial charge in [0.25, 0.3) is 0 Å². The molecule has 4 nitrogen and oxygen atoms in total. The summed E-state index contributed by atoms with van der Waals surface area (Å²) in [6.45, 7) is 0.929. The Hall–Kier alpha value is -2.66. The van der Waals surface area contributed by atoms with Gasteiger partial charge in [-0.3, -0.25) is 5.32 Å². The quantitative estimate of drug-likeness (QED) is 0.533. The van der Waals surface area contributed by atoms with Gasteiger partial charge in [0.15, 0.2) is 11.5 Å². The molecule has 2 aromatic rings. The molecule has 134 valence electrons. The molecule has 0 aromatic heterocycles. The van der Waals surface area contributed by atoms with Crippen LogP contribution < -0.4 is 14.8 Å². The Bertz CT molecular complexity index is 791. The molecule has 0 aliphatic carbocycles. The summed E-state index contributed by atoms with van der Waals surface area (Å²) in [7, 11) is 1.60. The SMILES string of the molecule is C#CCOc1ccc(CCCNC(C#N)c2ccc(Cl)cc2)cc1OC. The van der Waals surface area contributed by atoms with Crippen LogP contribution in [-0.2, 0) is 6.42 Å². The zero-order valence-electron chi connectivity index (χ0n) is 14.7. The number of methoxy groups -OCH3 is 1. The summed E-state index contributed by atoms with van der Waals surface area (Å²) in [4.78, 5) is 0. The van der Waals surface area contributed by atoms with E-state index in [1.54, 1.807) is 19.2 Å². The molecule has 0 fully saturated rings. The third-order valence-corrected chi connectivity index (χ3v) is 4.11. The lowest BCUT2D eigenvalue weighted by Gasteiger charge is -2.13. The predicted octanol–water partition coefficient (Wildman–Crippen LogP) is 4.15. The van der Waals surface area contributed by atoms with Crippen LogP contribution >= 0.6 is 11.6 Å². The van der Waals surface area contributed by atoms with Crippen molar-refractivity contribution in [2.45, 2.75) is 18.9 Å². The number of nitrogens with zero attached hydrogens (tertiary/aromatic N) is 1. The van der Waals surface area contributed by atoms with E-state index in [4.69, 9.17) is 27.5 Å². The van der Waals surface area contributed by atoms with Gasteiger partial charge in [0.2, 0.25) is 0 Å². The molecule has 0 spiro atoms. The maximum atomic E-state index is 9.34. The van der Waals surface area contributed by atoms with E-state index in [1.165, 1.54) is 0 Å². The van der Waals surface area contributed by atoms with Gasteiger partial charge in [0.05, 0.1) is 13.2 Å². The number of nitriles is 1. The number of ether oxygens (including phenoxy) is 2. The first-order valence-corrected chi connectivity index (χ1v) is 8.67. The average Bonchev–Trinajstić information content (AvgIpc) is 2.67. The van der Waals surface area contributed by atoms with Crippen LogP contribution in [0.2, 0.25) is 5.02 Å². The first kappa shape index (κ1) is 19.7. The molecule has 0 aliphatic heterocycles. The zero-order chi connectivity index (χ0) is 18.8. The molecule has 1 unspecified atom stereocenters. The Labute approximate surface area is 159 Å². The Balaban J connectivity index is 1.86. The summed E-state index contributed by atoms with van der Waals surface area (Å²) in [5.74, 6) is 3.74. The molecule has 5 heteroatoms. The number of rotatable bonds is 9. The number of hydrogen-bond acceptors (Lipinski definition) is 4. The molecule has 0 radical (unpaired) electrons. The van der Waals surface area contributed by atoms with Crippen LogP contribution in [0.5, 0.6) is 11.5 Å². The lowest BCUT2D eigenvalue weighted by Crippen LogP contribution is -2.21. The molecular formula is C21H21ClN2O2. The summed E-state index contributed by atoms with van der Waals surface area (Å²) in [5.41, 5.74) is 2.05. The highest BCUT2D eigenvalue weighted by molar-refractivity contribution is 6.30. The monoisotopic (exact) mass is 368 g/mol. The average molecular weight is 369 g/mol. The van der Waals surface area contributed by atoms with Gasteiger partial charge < -0.3 is 9.47 Å². The Kier molecular flexibility index (Phi) is 7.83. The number of terminal acetylenes is 1. The Morgan fingerprint density at radius 3 is 2.62 bits per heavy atom. The second-order valence-corrected chi connectivity index (χ2v) is 6.09. The second-order valence-electron chi connectivity index (χ2n) is 5.65. The molecular weight excluding hydrogens is 348 g/mol. The van der Waals surface area contributed by atoms with E-state index in [1.807, 2.05) is 30.3 Å². The van der Waals surface area contributed by atoms with Gasteiger partial charge in [-0.25, -0.2) is 0 Å². The van der Waals surface area contributed by atoms with Crippen molar-refractivity contribution >= 4 is 11.6 Å². The van der Waals surface area contributed by atoms with Crippen molar-refractivity contribution in [3.8, 4) is 29.9 Å². The Morgan fingerprint density at radius 1 is 1.19 bits per heavy atom. The summed E-state index contributed by atoms with van der Waals surface area (Å²) in [6, 6.07) is 15.1. The standard InChI is InChI=1S/C21H21ClN2O2/c1-3-13-26-20-11-6-16(14-21(20)25-2)5-4-12-24-19(15-23)17-7-9-18(22)10-8-17/h1,6-11,14,19,24H,4-5,12-13H2,2H3. The minimum absolute atomic E-state index is 0.208. The molecule has 0 aliphatic rings. The molecule has 1 atom stereocenters. The van der Waals surface area contributed by atoms with Crippen molar-refractivity contribution in [1.29, 1.82) is 5.26 Å². The van der Waals surface area contributed by atoms with Crippen LogP contribution in [-0.4, -0.2) is 20.3 Å². The third kappa shape index (κ3) is 5.70. The smallest absolute Gasteiger partial charge is 0.162 e. The van der Waals surface area contributed by atoms with E-state index in [0.29, 0.717) is 16.5 Å². The van der Waals surface area contributed by atoms with Crippen molar-refractivity contribution in [2.75, 3.05) is 20.3 Å². The van der Waals surface area contributed by atoms with E-state index in [0.717, 1.165) is 30.5 Å². The molecule has 26 heavy (non-hydrogen) atoms. The number of aryl methyl sites for hydroxylation is 1. The number of halogens is 1. The van der Waals surface area contributed by atoms with E-state index in [-0.39, 0.29) is 12.6 Å². The molecule has 0 saturated carbocycles. The normalized spacial score (nSPS) is 11.2. The fourth-order valence-corrected chi connectivity index (χ4v) is 2.66. The highest BCUT2D eigenvalue weighted by Crippen LogP contribution is 2.28. The van der Waals surface area contributed by atoms with Crippen LogP contribution in [0, 0.1) is 23.7 Å². The number of benzene rings is 2. The van der Waals surface area contributed by atoms with Gasteiger partial charge in [-0.05, 0) is 54.8 Å². The van der Waals surface area contributed by atoms with E-state index in [2.05, 4.69) is 17.3 Å².